The molecule has 20 rings (SSSR count). The van der Waals surface area contributed by atoms with Crippen molar-refractivity contribution >= 4 is 66.7 Å². The third kappa shape index (κ3) is 15.5. The van der Waals surface area contributed by atoms with Crippen LogP contribution in [0.1, 0.15) is 126 Å². The maximum Gasteiger partial charge on any atom is 0.0541 e. The number of nitrogens with zero attached hydrogens (tertiary/aromatic N) is 3. The van der Waals surface area contributed by atoms with E-state index in [1.807, 2.05) is 0 Å². The predicted octanol–water partition coefficient (Wildman–Crippen LogP) is 34.1. The molecule has 2 aliphatic rings. The Balaban J connectivity index is 0.607. The number of aromatic nitrogens is 1. The molecule has 0 saturated carbocycles. The van der Waals surface area contributed by atoms with Crippen LogP contribution in [0.4, 0.5) is 34.1 Å². The first-order valence-electron chi connectivity index (χ1n) is 44.8. The van der Waals surface area contributed by atoms with E-state index in [4.69, 9.17) is 0 Å². The summed E-state index contributed by atoms with van der Waals surface area (Å²) in [5, 5.41) is 4.96. The predicted molar refractivity (Wildman–Crippen MR) is 521 cm³/mol. The zero-order valence-electron chi connectivity index (χ0n) is 70.2. The summed E-state index contributed by atoms with van der Waals surface area (Å²) < 4.78 is 2.48. The van der Waals surface area contributed by atoms with Gasteiger partial charge in [0.2, 0.25) is 0 Å². The van der Waals surface area contributed by atoms with Gasteiger partial charge < -0.3 is 14.4 Å². The largest absolute Gasteiger partial charge is 0.311 e. The van der Waals surface area contributed by atoms with Crippen LogP contribution >= 0.6 is 0 Å². The van der Waals surface area contributed by atoms with Gasteiger partial charge in [0.1, 0.15) is 0 Å². The van der Waals surface area contributed by atoms with Crippen LogP contribution < -0.4 is 9.80 Å². The second-order valence-electron chi connectivity index (χ2n) is 34.1. The van der Waals surface area contributed by atoms with Crippen LogP contribution in [0.25, 0.3) is 138 Å². The highest BCUT2D eigenvalue weighted by molar-refractivity contribution is 6.12. The Morgan fingerprint density at radius 3 is 1.04 bits per heavy atom. The normalized spacial score (nSPS) is 12.5. The lowest BCUT2D eigenvalue weighted by Gasteiger charge is -2.34. The molecule has 0 fully saturated rings. The molecule has 0 bridgehead atoms. The van der Waals surface area contributed by atoms with Crippen molar-refractivity contribution in [3.63, 3.8) is 0 Å². The standard InChI is InChI=1S/C119H103N3/c1-3-5-7-9-11-23-74-119(75-24-12-10-8-6-4-2)115-41-22-21-40-111(115)112-71-70-110(83-116(112)119)121(107-59-46-87(47-60-107)84-28-15-13-16-29-84)108-67-52-90(53-68-108)96-36-25-35-95(76-96)89-48-61-104(62-49-89)120(106-65-54-92(55-66-106)100-44-42-86-32-19-20-33-93(86)79-100)105-63-50-91(51-64-105)97-37-27-39-99(78-97)103-58-73-118-114(82-103)113-81-102(98-38-26-34-94(77-98)85-30-17-14-18-31-85)57-72-117(113)122(118)109-69-56-88-43-45-101(88)80-109/h13-22,25-42,44,46-73,76-83H,3-12,23-24,43,45,74-75H2,1-2H3. The van der Waals surface area contributed by atoms with Gasteiger partial charge in [-0.3, -0.25) is 0 Å². The summed E-state index contributed by atoms with van der Waals surface area (Å²) in [6.07, 6.45) is 20.2. The minimum Gasteiger partial charge on any atom is -0.311 e. The smallest absolute Gasteiger partial charge is 0.0541 e. The van der Waals surface area contributed by atoms with E-state index in [0.29, 0.717) is 0 Å². The summed E-state index contributed by atoms with van der Waals surface area (Å²) in [5.41, 5.74) is 38.1. The van der Waals surface area contributed by atoms with E-state index in [9.17, 15) is 0 Å². The zero-order chi connectivity index (χ0) is 81.7. The highest BCUT2D eigenvalue weighted by Crippen LogP contribution is 2.56. The molecule has 17 aromatic carbocycles. The van der Waals surface area contributed by atoms with E-state index in [1.165, 1.54) is 245 Å². The van der Waals surface area contributed by atoms with E-state index in [0.717, 1.165) is 52.4 Å². The lowest BCUT2D eigenvalue weighted by Crippen LogP contribution is -2.26. The summed E-state index contributed by atoms with van der Waals surface area (Å²) >= 11 is 0. The summed E-state index contributed by atoms with van der Waals surface area (Å²) in [6, 6.07) is 148. The van der Waals surface area contributed by atoms with E-state index < -0.39 is 0 Å². The van der Waals surface area contributed by atoms with Gasteiger partial charge in [-0.25, -0.2) is 0 Å². The first kappa shape index (κ1) is 77.0. The minimum atomic E-state index is -0.0384. The molecule has 2 aliphatic carbocycles. The van der Waals surface area contributed by atoms with Crippen molar-refractivity contribution in [1.82, 2.24) is 4.57 Å². The van der Waals surface area contributed by atoms with Gasteiger partial charge in [0.25, 0.3) is 0 Å². The van der Waals surface area contributed by atoms with E-state index in [2.05, 4.69) is 423 Å². The maximum atomic E-state index is 2.61. The summed E-state index contributed by atoms with van der Waals surface area (Å²) in [4.78, 5) is 4.91. The monoisotopic (exact) mass is 1570 g/mol. The number of aryl methyl sites for hydroxylation is 2. The van der Waals surface area contributed by atoms with Gasteiger partial charge in [0.05, 0.1) is 11.0 Å². The number of anilines is 6. The van der Waals surface area contributed by atoms with Crippen LogP contribution in [0, 0.1) is 0 Å². The molecule has 0 aliphatic heterocycles. The van der Waals surface area contributed by atoms with Gasteiger partial charge in [0, 0.05) is 56.0 Å². The second kappa shape index (κ2) is 34.6. The van der Waals surface area contributed by atoms with E-state index >= 15 is 0 Å². The fraction of sp³-hybridized carbons (Fsp3) is 0.160. The van der Waals surface area contributed by atoms with Crippen molar-refractivity contribution in [2.45, 2.75) is 122 Å². The minimum absolute atomic E-state index is 0.0384. The summed E-state index contributed by atoms with van der Waals surface area (Å²) in [6.45, 7) is 4.65. The average Bonchev–Trinajstić information content (AvgIpc) is 1.68. The van der Waals surface area contributed by atoms with Gasteiger partial charge in [-0.15, -0.1) is 0 Å². The van der Waals surface area contributed by atoms with E-state index in [1.54, 1.807) is 0 Å². The number of rotatable bonds is 29. The Morgan fingerprint density at radius 2 is 0.574 bits per heavy atom. The Hall–Kier alpha value is -13.6. The molecule has 3 nitrogen and oxygen atoms in total. The van der Waals surface area contributed by atoms with Gasteiger partial charge in [-0.2, -0.15) is 0 Å². The second-order valence-corrected chi connectivity index (χ2v) is 34.1. The summed E-state index contributed by atoms with van der Waals surface area (Å²) in [5.74, 6) is 0. The molecular weight excluding hydrogens is 1470 g/mol. The van der Waals surface area contributed by atoms with Crippen LogP contribution in [0.15, 0.2) is 394 Å². The zero-order valence-corrected chi connectivity index (χ0v) is 70.2. The van der Waals surface area contributed by atoms with Crippen molar-refractivity contribution in [3.05, 3.63) is 417 Å². The summed E-state index contributed by atoms with van der Waals surface area (Å²) in [7, 11) is 0. The van der Waals surface area contributed by atoms with Crippen molar-refractivity contribution in [3.8, 4) is 106 Å². The van der Waals surface area contributed by atoms with Gasteiger partial charge in [0.15, 0.2) is 0 Å². The SMILES string of the molecule is CCCCCCCCC1(CCCCCCCC)c2ccccc2-c2ccc(N(c3ccc(-c4ccccc4)cc3)c3ccc(-c4cccc(-c5ccc(N(c6ccc(-c7cccc(-c8ccc9c(c8)c8cc(-c%10cccc(-c%11ccccc%11)c%10)ccc8n9-c8ccc9c(c8)CC9)c7)cc6)c6ccc(-c7ccc8ccccc8c7)cc6)cc5)c4)cc3)cc21. The van der Waals surface area contributed by atoms with Crippen molar-refractivity contribution in [2.75, 3.05) is 9.80 Å². The molecule has 0 radical (unpaired) electrons. The van der Waals surface area contributed by atoms with Crippen molar-refractivity contribution < 1.29 is 0 Å². The topological polar surface area (TPSA) is 11.4 Å². The molecule has 0 unspecified atom stereocenters. The highest BCUT2D eigenvalue weighted by Gasteiger charge is 2.43. The van der Waals surface area contributed by atoms with Crippen LogP contribution in [0.2, 0.25) is 0 Å². The number of benzene rings is 17. The van der Waals surface area contributed by atoms with Crippen LogP contribution in [-0.2, 0) is 18.3 Å². The Morgan fingerprint density at radius 1 is 0.230 bits per heavy atom. The number of hydrogen-bond donors (Lipinski definition) is 0. The molecule has 18 aromatic rings. The molecule has 0 atom stereocenters. The number of unbranched alkanes of at least 4 members (excludes halogenated alkanes) is 10. The lowest BCUT2D eigenvalue weighted by molar-refractivity contribution is 0.398. The van der Waals surface area contributed by atoms with Crippen molar-refractivity contribution in [2.24, 2.45) is 0 Å². The molecule has 594 valence electrons. The Bertz CT molecular complexity index is 6740. The molecule has 3 heteroatoms. The first-order valence-corrected chi connectivity index (χ1v) is 44.8. The molecule has 0 N–H and O–H groups in total. The van der Waals surface area contributed by atoms with Gasteiger partial charge in [-0.1, -0.05) is 352 Å². The number of hydrogen-bond acceptors (Lipinski definition) is 2. The molecule has 122 heavy (non-hydrogen) atoms. The maximum absolute atomic E-state index is 2.61. The fourth-order valence-electron chi connectivity index (χ4n) is 19.8. The van der Waals surface area contributed by atoms with Crippen LogP contribution in [0.5, 0.6) is 0 Å². The third-order valence-electron chi connectivity index (χ3n) is 26.5. The molecule has 0 saturated heterocycles. The molecular formula is C119H103N3. The Kier molecular flexibility index (Phi) is 21.9. The highest BCUT2D eigenvalue weighted by atomic mass is 15.1. The quantitative estimate of drug-likeness (QED) is 0.0433. The molecule has 0 spiro atoms. The Labute approximate surface area is 720 Å². The molecule has 1 heterocycles. The average molecular weight is 1580 g/mol. The fourth-order valence-corrected chi connectivity index (χ4v) is 19.8. The molecule has 1 aromatic heterocycles. The third-order valence-corrected chi connectivity index (χ3v) is 26.5. The van der Waals surface area contributed by atoms with Gasteiger partial charge in [-0.05, 0) is 292 Å². The van der Waals surface area contributed by atoms with Gasteiger partial charge >= 0.3 is 0 Å². The van der Waals surface area contributed by atoms with Crippen LogP contribution in [0.3, 0.4) is 0 Å². The lowest BCUT2D eigenvalue weighted by atomic mass is 9.70. The molecule has 0 amide bonds. The van der Waals surface area contributed by atoms with Crippen molar-refractivity contribution in [1.29, 1.82) is 0 Å². The first-order chi connectivity index (χ1) is 60.3. The van der Waals surface area contributed by atoms with E-state index in [-0.39, 0.29) is 5.41 Å². The van der Waals surface area contributed by atoms with Crippen LogP contribution in [-0.4, -0.2) is 4.57 Å². The number of fused-ring (bicyclic) bond motifs is 8.